The highest BCUT2D eigenvalue weighted by Crippen LogP contribution is 2.64. The average molecular weight is 456 g/mol. The van der Waals surface area contributed by atoms with Crippen LogP contribution in [-0.4, -0.2) is 15.3 Å². The van der Waals surface area contributed by atoms with Crippen LogP contribution in [0.15, 0.2) is 48.7 Å². The summed E-state index contributed by atoms with van der Waals surface area (Å²) in [5.41, 5.74) is 1.62. The minimum atomic E-state index is -0.265. The topological polar surface area (TPSA) is 48.4 Å². The van der Waals surface area contributed by atoms with Gasteiger partial charge in [-0.1, -0.05) is 34.1 Å². The molecule has 0 N–H and O–H groups in total. The number of ether oxygens (including phenoxy) is 2. The zero-order chi connectivity index (χ0) is 19.9. The van der Waals surface area contributed by atoms with Crippen molar-refractivity contribution in [1.29, 1.82) is 0 Å². The second kappa shape index (κ2) is 7.42. The summed E-state index contributed by atoms with van der Waals surface area (Å²) >= 11 is 3.97. The second-order valence-corrected chi connectivity index (χ2v) is 10.9. The Morgan fingerprint density at radius 1 is 1.03 bits per heavy atom. The molecule has 29 heavy (non-hydrogen) atoms. The molecule has 1 heterocycles. The van der Waals surface area contributed by atoms with E-state index in [1.807, 2.05) is 42.5 Å². The molecular formula is C24H26BrNO3. The van der Waals surface area contributed by atoms with Crippen LogP contribution in [0.2, 0.25) is 0 Å². The summed E-state index contributed by atoms with van der Waals surface area (Å²) in [6.07, 6.45) is 8.45. The molecule has 0 aliphatic heterocycles. The monoisotopic (exact) mass is 455 g/mol. The van der Waals surface area contributed by atoms with E-state index in [-0.39, 0.29) is 15.7 Å². The van der Waals surface area contributed by atoms with E-state index < -0.39 is 0 Å². The van der Waals surface area contributed by atoms with E-state index in [4.69, 9.17) is 9.47 Å². The summed E-state index contributed by atoms with van der Waals surface area (Å²) in [6, 6.07) is 13.6. The van der Waals surface area contributed by atoms with Gasteiger partial charge in [0.1, 0.15) is 19.0 Å². The predicted octanol–water partition coefficient (Wildman–Crippen LogP) is 5.44. The number of carbonyl (C=O) groups is 1. The third-order valence-electron chi connectivity index (χ3n) is 6.83. The number of esters is 1. The summed E-state index contributed by atoms with van der Waals surface area (Å²) < 4.78 is 11.8. The fraction of sp³-hybridized carbons (Fsp3) is 0.500. The highest BCUT2D eigenvalue weighted by Gasteiger charge is 2.60. The maximum absolute atomic E-state index is 13.1. The number of alkyl halides is 1. The quantitative estimate of drug-likeness (QED) is 0.429. The third-order valence-corrected chi connectivity index (χ3v) is 7.76. The molecule has 4 nitrogen and oxygen atoms in total. The van der Waals surface area contributed by atoms with Crippen LogP contribution < -0.4 is 4.74 Å². The van der Waals surface area contributed by atoms with Gasteiger partial charge in [-0.2, -0.15) is 0 Å². The van der Waals surface area contributed by atoms with Gasteiger partial charge in [0.2, 0.25) is 0 Å². The van der Waals surface area contributed by atoms with Gasteiger partial charge in [-0.15, -0.1) is 0 Å². The van der Waals surface area contributed by atoms with E-state index in [9.17, 15) is 4.79 Å². The first-order valence-electron chi connectivity index (χ1n) is 10.5. The van der Waals surface area contributed by atoms with Crippen molar-refractivity contribution in [2.24, 2.45) is 17.3 Å². The maximum atomic E-state index is 13.1. The van der Waals surface area contributed by atoms with Crippen LogP contribution in [0.25, 0.3) is 0 Å². The van der Waals surface area contributed by atoms with Gasteiger partial charge in [-0.05, 0) is 80.2 Å². The lowest BCUT2D eigenvalue weighted by Gasteiger charge is -2.58. The van der Waals surface area contributed by atoms with Gasteiger partial charge < -0.3 is 9.47 Å². The number of benzene rings is 1. The van der Waals surface area contributed by atoms with Gasteiger partial charge in [0.05, 0.1) is 11.1 Å². The molecule has 6 rings (SSSR count). The number of halogens is 1. The summed E-state index contributed by atoms with van der Waals surface area (Å²) in [5.74, 6) is 2.15. The molecule has 0 spiro atoms. The van der Waals surface area contributed by atoms with Crippen LogP contribution in [0.1, 0.15) is 49.8 Å². The zero-order valence-electron chi connectivity index (χ0n) is 16.5. The third kappa shape index (κ3) is 3.94. The first-order chi connectivity index (χ1) is 14.0. The largest absolute Gasteiger partial charge is 0.487 e. The molecular weight excluding hydrogens is 430 g/mol. The number of nitrogens with zero attached hydrogens (tertiary/aromatic N) is 1. The molecule has 4 bridgehead atoms. The van der Waals surface area contributed by atoms with E-state index in [0.717, 1.165) is 36.3 Å². The Balaban J connectivity index is 1.17. The van der Waals surface area contributed by atoms with Crippen LogP contribution in [0.5, 0.6) is 5.75 Å². The highest BCUT2D eigenvalue weighted by atomic mass is 79.9. The first-order valence-corrected chi connectivity index (χ1v) is 11.3. The summed E-state index contributed by atoms with van der Waals surface area (Å²) in [6.45, 7) is 0.764. The lowest BCUT2D eigenvalue weighted by molar-refractivity contribution is -0.170. The van der Waals surface area contributed by atoms with E-state index in [0.29, 0.717) is 25.0 Å². The van der Waals surface area contributed by atoms with Gasteiger partial charge in [0.25, 0.3) is 0 Å². The van der Waals surface area contributed by atoms with Gasteiger partial charge in [0.15, 0.2) is 0 Å². The fourth-order valence-corrected chi connectivity index (χ4v) is 7.47. The van der Waals surface area contributed by atoms with Crippen molar-refractivity contribution in [2.45, 2.75) is 56.1 Å². The molecule has 152 valence electrons. The van der Waals surface area contributed by atoms with E-state index in [2.05, 4.69) is 20.9 Å². The molecule has 0 amide bonds. The number of hydrogen-bond acceptors (Lipinski definition) is 4. The van der Waals surface area contributed by atoms with Crippen LogP contribution in [0.3, 0.4) is 0 Å². The van der Waals surface area contributed by atoms with E-state index in [1.165, 1.54) is 19.3 Å². The zero-order valence-corrected chi connectivity index (χ0v) is 18.1. The molecule has 1 aromatic carbocycles. The summed E-state index contributed by atoms with van der Waals surface area (Å²) in [5, 5.41) is 0. The number of aromatic nitrogens is 1. The molecule has 4 saturated carbocycles. The van der Waals surface area contributed by atoms with Crippen molar-refractivity contribution >= 4 is 21.9 Å². The van der Waals surface area contributed by atoms with Gasteiger partial charge in [-0.25, -0.2) is 0 Å². The lowest BCUT2D eigenvalue weighted by atomic mass is 9.49. The molecule has 0 saturated heterocycles. The Morgan fingerprint density at radius 3 is 2.45 bits per heavy atom. The van der Waals surface area contributed by atoms with Crippen molar-refractivity contribution in [3.63, 3.8) is 0 Å². The predicted molar refractivity (Wildman–Crippen MR) is 114 cm³/mol. The van der Waals surface area contributed by atoms with Crippen molar-refractivity contribution < 1.29 is 14.3 Å². The molecule has 4 aliphatic rings. The Labute approximate surface area is 180 Å². The smallest absolute Gasteiger partial charge is 0.312 e. The van der Waals surface area contributed by atoms with Gasteiger partial charge >= 0.3 is 5.97 Å². The molecule has 4 fully saturated rings. The summed E-state index contributed by atoms with van der Waals surface area (Å²) in [4.78, 5) is 17.3. The standard InChI is InChI=1S/C24H26BrNO3/c25-24-12-18-9-19(13-24)11-23(10-18,16-24)22(27)29-14-17-4-6-21(7-5-17)28-15-20-3-1-2-8-26-20/h1-8,18-19H,9-16H2. The molecule has 2 unspecified atom stereocenters. The van der Waals surface area contributed by atoms with E-state index >= 15 is 0 Å². The van der Waals surface area contributed by atoms with Crippen molar-refractivity contribution in [3.05, 3.63) is 59.9 Å². The number of hydrogen-bond donors (Lipinski definition) is 0. The van der Waals surface area contributed by atoms with Gasteiger partial charge in [-0.3, -0.25) is 9.78 Å². The average Bonchev–Trinajstić information content (AvgIpc) is 2.70. The van der Waals surface area contributed by atoms with Crippen LogP contribution >= 0.6 is 15.9 Å². The molecule has 5 heteroatoms. The second-order valence-electron chi connectivity index (χ2n) is 9.22. The Morgan fingerprint density at radius 2 is 1.79 bits per heavy atom. The number of carbonyl (C=O) groups excluding carboxylic acids is 1. The number of rotatable bonds is 6. The Bertz CT molecular complexity index is 869. The van der Waals surface area contributed by atoms with Gasteiger partial charge in [0, 0.05) is 10.5 Å². The van der Waals surface area contributed by atoms with Crippen molar-refractivity contribution in [1.82, 2.24) is 4.98 Å². The lowest BCUT2D eigenvalue weighted by Crippen LogP contribution is -2.56. The van der Waals surface area contributed by atoms with Crippen LogP contribution in [0, 0.1) is 17.3 Å². The minimum Gasteiger partial charge on any atom is -0.487 e. The SMILES string of the molecule is O=C(OCc1ccc(OCc2ccccn2)cc1)C12CC3CC(CC(Br)(C3)C1)C2. The Hall–Kier alpha value is -1.88. The normalized spacial score (nSPS) is 32.2. The maximum Gasteiger partial charge on any atom is 0.312 e. The molecule has 2 aromatic rings. The highest BCUT2D eigenvalue weighted by molar-refractivity contribution is 9.10. The molecule has 4 aliphatic carbocycles. The summed E-state index contributed by atoms with van der Waals surface area (Å²) in [7, 11) is 0. The molecule has 2 atom stereocenters. The Kier molecular flexibility index (Phi) is 4.89. The van der Waals surface area contributed by atoms with Crippen LogP contribution in [-0.2, 0) is 22.7 Å². The van der Waals surface area contributed by atoms with Crippen molar-refractivity contribution in [2.75, 3.05) is 0 Å². The van der Waals surface area contributed by atoms with Crippen LogP contribution in [0.4, 0.5) is 0 Å². The van der Waals surface area contributed by atoms with E-state index in [1.54, 1.807) is 6.20 Å². The molecule has 0 radical (unpaired) electrons. The molecule has 1 aromatic heterocycles. The first kappa shape index (κ1) is 19.1. The van der Waals surface area contributed by atoms with Crippen molar-refractivity contribution in [3.8, 4) is 5.75 Å². The number of pyridine rings is 1. The fourth-order valence-electron chi connectivity index (χ4n) is 6.01. The minimum absolute atomic E-state index is 0.00547.